The third kappa shape index (κ3) is 3.89. The van der Waals surface area contributed by atoms with Crippen molar-refractivity contribution < 1.29 is 9.84 Å². The zero-order chi connectivity index (χ0) is 16.0. The molecule has 22 heavy (non-hydrogen) atoms. The second-order valence-electron chi connectivity index (χ2n) is 6.66. The summed E-state index contributed by atoms with van der Waals surface area (Å²) < 4.78 is 5.16. The maximum atomic E-state index is 11.6. The van der Waals surface area contributed by atoms with Gasteiger partial charge >= 0.3 is 0 Å². The summed E-state index contributed by atoms with van der Waals surface area (Å²) >= 11 is 0. The first kappa shape index (κ1) is 17.5. The van der Waals surface area contributed by atoms with Gasteiger partial charge in [-0.05, 0) is 69.2 Å². The number of methoxy groups -OCH3 is 1. The molecule has 1 aliphatic rings. The van der Waals surface area contributed by atoms with Gasteiger partial charge in [-0.1, -0.05) is 18.2 Å². The molecule has 2 rings (SSSR count). The molecule has 124 valence electrons. The van der Waals surface area contributed by atoms with Crippen molar-refractivity contribution in [3.63, 3.8) is 0 Å². The number of unbranched alkanes of at least 4 members (excludes halogenated alkanes) is 1. The summed E-state index contributed by atoms with van der Waals surface area (Å²) in [6.45, 7) is 7.02. The van der Waals surface area contributed by atoms with Crippen LogP contribution in [0.3, 0.4) is 0 Å². The van der Waals surface area contributed by atoms with Crippen molar-refractivity contribution in [1.29, 1.82) is 0 Å². The van der Waals surface area contributed by atoms with Crippen LogP contribution >= 0.6 is 0 Å². The van der Waals surface area contributed by atoms with Crippen molar-refractivity contribution in [2.24, 2.45) is 5.92 Å². The van der Waals surface area contributed by atoms with Gasteiger partial charge in [0.25, 0.3) is 0 Å². The Hall–Kier alpha value is -0.900. The van der Waals surface area contributed by atoms with Gasteiger partial charge in [0, 0.05) is 26.2 Å². The predicted octanol–water partition coefficient (Wildman–Crippen LogP) is 3.31. The summed E-state index contributed by atoms with van der Waals surface area (Å²) in [5, 5.41) is 15.1. The van der Waals surface area contributed by atoms with Crippen molar-refractivity contribution in [3.05, 3.63) is 34.9 Å². The lowest BCUT2D eigenvalue weighted by Gasteiger charge is -2.40. The largest absolute Gasteiger partial charge is 0.385 e. The van der Waals surface area contributed by atoms with E-state index >= 15 is 0 Å². The van der Waals surface area contributed by atoms with Gasteiger partial charge in [0.2, 0.25) is 0 Å². The van der Waals surface area contributed by atoms with Gasteiger partial charge in [-0.25, -0.2) is 0 Å². The topological polar surface area (TPSA) is 41.5 Å². The van der Waals surface area contributed by atoms with E-state index in [-0.39, 0.29) is 0 Å². The molecule has 0 aliphatic carbocycles. The van der Waals surface area contributed by atoms with Gasteiger partial charge < -0.3 is 15.2 Å². The number of aryl methyl sites for hydroxylation is 1. The second kappa shape index (κ2) is 8.09. The molecule has 0 bridgehead atoms. The molecule has 1 aliphatic heterocycles. The number of aliphatic hydroxyl groups is 1. The van der Waals surface area contributed by atoms with E-state index in [1.54, 1.807) is 7.11 Å². The number of hydrogen-bond donors (Lipinski definition) is 2. The molecular formula is C19H31NO2. The van der Waals surface area contributed by atoms with Gasteiger partial charge in [0.05, 0.1) is 5.60 Å². The van der Waals surface area contributed by atoms with Crippen LogP contribution in [-0.4, -0.2) is 31.9 Å². The minimum absolute atomic E-state index is 0.296. The standard InChI is InChI=1S/C19H31NO2/c1-15-8-6-10-18(16(15)2)19(21,11-4-5-13-22-3)17-9-7-12-20-14-17/h6,8,10,17,20-21H,4-5,7,9,11-14H2,1-3H3/t17-,19+/m1/s1. The SMILES string of the molecule is COCCCC[C@@](O)(c1cccc(C)c1C)[C@@H]1CCCNC1. The molecule has 0 spiro atoms. The Balaban J connectivity index is 2.25. The van der Waals surface area contributed by atoms with E-state index < -0.39 is 5.60 Å². The first-order valence-electron chi connectivity index (χ1n) is 8.58. The van der Waals surface area contributed by atoms with Crippen LogP contribution in [0, 0.1) is 19.8 Å². The number of benzene rings is 1. The van der Waals surface area contributed by atoms with Crippen LogP contribution in [0.5, 0.6) is 0 Å². The number of rotatable bonds is 7. The van der Waals surface area contributed by atoms with E-state index in [2.05, 4.69) is 37.4 Å². The van der Waals surface area contributed by atoms with Crippen molar-refractivity contribution in [1.82, 2.24) is 5.32 Å². The Kier molecular flexibility index (Phi) is 6.42. The summed E-state index contributed by atoms with van der Waals surface area (Å²) in [5.74, 6) is 0.296. The molecule has 2 N–H and O–H groups in total. The molecule has 1 saturated heterocycles. The summed E-state index contributed by atoms with van der Waals surface area (Å²) in [4.78, 5) is 0. The Morgan fingerprint density at radius 1 is 1.32 bits per heavy atom. The molecule has 0 saturated carbocycles. The van der Waals surface area contributed by atoms with Crippen LogP contribution < -0.4 is 5.32 Å². The molecule has 2 atom stereocenters. The van der Waals surface area contributed by atoms with E-state index in [9.17, 15) is 5.11 Å². The molecule has 0 unspecified atom stereocenters. The fraction of sp³-hybridized carbons (Fsp3) is 0.684. The molecule has 1 fully saturated rings. The van der Waals surface area contributed by atoms with E-state index in [1.807, 2.05) is 0 Å². The van der Waals surface area contributed by atoms with Crippen LogP contribution in [0.1, 0.15) is 48.8 Å². The predicted molar refractivity (Wildman–Crippen MR) is 91.1 cm³/mol. The third-order valence-corrected chi connectivity index (χ3v) is 5.20. The number of ether oxygens (including phenoxy) is 1. The minimum atomic E-state index is -0.725. The third-order valence-electron chi connectivity index (χ3n) is 5.20. The van der Waals surface area contributed by atoms with E-state index in [0.29, 0.717) is 5.92 Å². The number of nitrogens with one attached hydrogen (secondary N) is 1. The van der Waals surface area contributed by atoms with Crippen molar-refractivity contribution >= 4 is 0 Å². The molecule has 1 aromatic carbocycles. The number of piperidine rings is 1. The zero-order valence-electron chi connectivity index (χ0n) is 14.3. The fourth-order valence-corrected chi connectivity index (χ4v) is 3.68. The highest BCUT2D eigenvalue weighted by Gasteiger charge is 2.39. The van der Waals surface area contributed by atoms with Crippen molar-refractivity contribution in [2.75, 3.05) is 26.8 Å². The molecule has 3 heteroatoms. The first-order chi connectivity index (χ1) is 10.6. The van der Waals surface area contributed by atoms with Crippen LogP contribution in [0.15, 0.2) is 18.2 Å². The average molecular weight is 305 g/mol. The van der Waals surface area contributed by atoms with Crippen LogP contribution in [0.25, 0.3) is 0 Å². The van der Waals surface area contributed by atoms with Crippen molar-refractivity contribution in [3.8, 4) is 0 Å². The Morgan fingerprint density at radius 2 is 2.14 bits per heavy atom. The van der Waals surface area contributed by atoms with Crippen LogP contribution in [0.4, 0.5) is 0 Å². The lowest BCUT2D eigenvalue weighted by molar-refractivity contribution is -0.0439. The smallest absolute Gasteiger partial charge is 0.0939 e. The molecule has 1 aromatic rings. The molecule has 0 amide bonds. The van der Waals surface area contributed by atoms with Gasteiger partial charge in [-0.3, -0.25) is 0 Å². The van der Waals surface area contributed by atoms with Crippen molar-refractivity contribution in [2.45, 2.75) is 51.6 Å². The van der Waals surface area contributed by atoms with Gasteiger partial charge in [-0.2, -0.15) is 0 Å². The van der Waals surface area contributed by atoms with Gasteiger partial charge in [0.1, 0.15) is 0 Å². The maximum absolute atomic E-state index is 11.6. The lowest BCUT2D eigenvalue weighted by Crippen LogP contribution is -2.44. The minimum Gasteiger partial charge on any atom is -0.385 e. The molecule has 1 heterocycles. The Bertz CT molecular complexity index is 469. The Labute approximate surface area is 135 Å². The molecule has 0 aromatic heterocycles. The Morgan fingerprint density at radius 3 is 2.82 bits per heavy atom. The first-order valence-corrected chi connectivity index (χ1v) is 8.58. The van der Waals surface area contributed by atoms with Gasteiger partial charge in [0.15, 0.2) is 0 Å². The lowest BCUT2D eigenvalue weighted by atomic mass is 9.72. The fourth-order valence-electron chi connectivity index (χ4n) is 3.68. The molecule has 0 radical (unpaired) electrons. The molecular weight excluding hydrogens is 274 g/mol. The van der Waals surface area contributed by atoms with E-state index in [4.69, 9.17) is 4.74 Å². The normalized spacial score (nSPS) is 21.5. The van der Waals surface area contributed by atoms with Crippen LogP contribution in [0.2, 0.25) is 0 Å². The highest BCUT2D eigenvalue weighted by atomic mass is 16.5. The average Bonchev–Trinajstić information content (AvgIpc) is 2.55. The highest BCUT2D eigenvalue weighted by molar-refractivity contribution is 5.37. The highest BCUT2D eigenvalue weighted by Crippen LogP contribution is 2.40. The quantitative estimate of drug-likeness (QED) is 0.759. The zero-order valence-corrected chi connectivity index (χ0v) is 14.3. The summed E-state index contributed by atoms with van der Waals surface area (Å²) in [6.07, 6.45) is 5.06. The monoisotopic (exact) mass is 305 g/mol. The summed E-state index contributed by atoms with van der Waals surface area (Å²) in [5.41, 5.74) is 2.90. The summed E-state index contributed by atoms with van der Waals surface area (Å²) in [6, 6.07) is 6.32. The molecule has 3 nitrogen and oxygen atoms in total. The maximum Gasteiger partial charge on any atom is 0.0939 e. The van der Waals surface area contributed by atoms with E-state index in [0.717, 1.165) is 57.4 Å². The second-order valence-corrected chi connectivity index (χ2v) is 6.66. The van der Waals surface area contributed by atoms with E-state index in [1.165, 1.54) is 11.1 Å². The van der Waals surface area contributed by atoms with Gasteiger partial charge in [-0.15, -0.1) is 0 Å². The summed E-state index contributed by atoms with van der Waals surface area (Å²) in [7, 11) is 1.74. The van der Waals surface area contributed by atoms with Crippen LogP contribution in [-0.2, 0) is 10.3 Å². The number of hydrogen-bond acceptors (Lipinski definition) is 3.